The monoisotopic (exact) mass is 348 g/mol. The number of hydrogen-bond donors (Lipinski definition) is 1. The van der Waals surface area contributed by atoms with Gasteiger partial charge in [0.05, 0.1) is 16.6 Å². The molecule has 3 aromatic rings. The molecule has 0 atom stereocenters. The van der Waals surface area contributed by atoms with Crippen molar-refractivity contribution in [3.63, 3.8) is 0 Å². The molecule has 2 aromatic carbocycles. The normalized spacial score (nSPS) is 10.8. The van der Waals surface area contributed by atoms with E-state index < -0.39 is 0 Å². The second-order valence-corrected chi connectivity index (χ2v) is 6.31. The lowest BCUT2D eigenvalue weighted by Gasteiger charge is -2.16. The Morgan fingerprint density at radius 2 is 1.81 bits per heavy atom. The number of fused-ring (bicyclic) bond motifs is 1. The van der Waals surface area contributed by atoms with Crippen molar-refractivity contribution >= 4 is 22.6 Å². The summed E-state index contributed by atoms with van der Waals surface area (Å²) in [5.41, 5.74) is 7.61. The minimum absolute atomic E-state index is 0.100. The Balaban J connectivity index is 2.29. The van der Waals surface area contributed by atoms with E-state index in [1.54, 1.807) is 4.57 Å². The molecular formula is C21H24N4O. The molecule has 0 amide bonds. The molecule has 26 heavy (non-hydrogen) atoms. The summed E-state index contributed by atoms with van der Waals surface area (Å²) in [6, 6.07) is 13.3. The zero-order valence-corrected chi connectivity index (χ0v) is 15.7. The van der Waals surface area contributed by atoms with E-state index in [1.165, 1.54) is 0 Å². The first-order valence-electron chi connectivity index (χ1n) is 8.96. The Kier molecular flexibility index (Phi) is 5.16. The number of benzene rings is 2. The van der Waals surface area contributed by atoms with Gasteiger partial charge < -0.3 is 0 Å². The Labute approximate surface area is 153 Å². The van der Waals surface area contributed by atoms with Gasteiger partial charge >= 0.3 is 0 Å². The molecule has 0 bridgehead atoms. The molecule has 0 unspecified atom stereocenters. The Hall–Kier alpha value is -2.95. The molecule has 0 aliphatic rings. The van der Waals surface area contributed by atoms with Crippen LogP contribution < -0.4 is 11.0 Å². The van der Waals surface area contributed by atoms with Gasteiger partial charge in [-0.15, -0.1) is 0 Å². The van der Waals surface area contributed by atoms with Crippen LogP contribution in [0, 0.1) is 13.8 Å². The van der Waals surface area contributed by atoms with E-state index in [9.17, 15) is 4.79 Å². The van der Waals surface area contributed by atoms with Crippen LogP contribution in [-0.4, -0.2) is 15.3 Å². The van der Waals surface area contributed by atoms with Crippen molar-refractivity contribution in [1.82, 2.24) is 9.55 Å². The highest BCUT2D eigenvalue weighted by Gasteiger charge is 2.14. The lowest BCUT2D eigenvalue weighted by atomic mass is 10.1. The van der Waals surface area contributed by atoms with E-state index >= 15 is 0 Å². The first-order valence-corrected chi connectivity index (χ1v) is 8.96. The number of para-hydroxylation sites is 1. The maximum absolute atomic E-state index is 13.2. The molecule has 5 nitrogen and oxygen atoms in total. The smallest absolute Gasteiger partial charge is 0.267 e. The zero-order valence-electron chi connectivity index (χ0n) is 15.7. The fourth-order valence-electron chi connectivity index (χ4n) is 2.95. The van der Waals surface area contributed by atoms with E-state index in [0.717, 1.165) is 35.4 Å². The summed E-state index contributed by atoms with van der Waals surface area (Å²) in [7, 11) is 0. The first-order chi connectivity index (χ1) is 12.6. The summed E-state index contributed by atoms with van der Waals surface area (Å²) in [6.07, 6.45) is 1.70. The summed E-state index contributed by atoms with van der Waals surface area (Å²) in [6.45, 7) is 8.18. The molecule has 0 aliphatic carbocycles. The van der Waals surface area contributed by atoms with Gasteiger partial charge in [0.15, 0.2) is 0 Å². The molecule has 5 heteroatoms. The average molecular weight is 348 g/mol. The van der Waals surface area contributed by atoms with Gasteiger partial charge in [0.25, 0.3) is 5.56 Å². The molecule has 0 radical (unpaired) electrons. The van der Waals surface area contributed by atoms with Crippen LogP contribution in [0.15, 0.2) is 52.4 Å². The highest BCUT2D eigenvalue weighted by molar-refractivity contribution is 5.84. The lowest BCUT2D eigenvalue weighted by Crippen LogP contribution is -2.24. The van der Waals surface area contributed by atoms with Crippen molar-refractivity contribution in [2.24, 2.45) is 5.10 Å². The van der Waals surface area contributed by atoms with Crippen LogP contribution in [0.4, 0.5) is 5.95 Å². The third-order valence-corrected chi connectivity index (χ3v) is 4.72. The van der Waals surface area contributed by atoms with Gasteiger partial charge in [-0.2, -0.15) is 5.10 Å². The molecule has 1 aromatic heterocycles. The van der Waals surface area contributed by atoms with Gasteiger partial charge in [0, 0.05) is 5.71 Å². The number of anilines is 1. The Bertz CT molecular complexity index is 1030. The number of hydrogen-bond acceptors (Lipinski definition) is 4. The number of nitrogens with one attached hydrogen (secondary N) is 1. The number of rotatable bonds is 5. The molecular weight excluding hydrogens is 324 g/mol. The van der Waals surface area contributed by atoms with Gasteiger partial charge in [-0.05, 0) is 56.0 Å². The number of nitrogens with zero attached hydrogens (tertiary/aromatic N) is 3. The highest BCUT2D eigenvalue weighted by Crippen LogP contribution is 2.21. The fraction of sp³-hybridized carbons (Fsp3) is 0.286. The zero-order chi connectivity index (χ0) is 18.7. The van der Waals surface area contributed by atoms with Crippen molar-refractivity contribution in [2.45, 2.75) is 40.5 Å². The van der Waals surface area contributed by atoms with Crippen molar-refractivity contribution < 1.29 is 0 Å². The number of hydrazone groups is 1. The second-order valence-electron chi connectivity index (χ2n) is 6.31. The van der Waals surface area contributed by atoms with Crippen LogP contribution >= 0.6 is 0 Å². The fourth-order valence-corrected chi connectivity index (χ4v) is 2.95. The van der Waals surface area contributed by atoms with Gasteiger partial charge in [-0.1, -0.05) is 38.1 Å². The predicted octanol–water partition coefficient (Wildman–Crippen LogP) is 4.59. The molecule has 0 spiro atoms. The van der Waals surface area contributed by atoms with Crippen molar-refractivity contribution in [1.29, 1.82) is 0 Å². The Morgan fingerprint density at radius 3 is 2.54 bits per heavy atom. The van der Waals surface area contributed by atoms with Crippen molar-refractivity contribution in [2.75, 3.05) is 5.43 Å². The maximum Gasteiger partial charge on any atom is 0.267 e. The average Bonchev–Trinajstić information content (AvgIpc) is 2.66. The molecule has 134 valence electrons. The molecule has 3 rings (SSSR count). The van der Waals surface area contributed by atoms with Crippen LogP contribution in [0.3, 0.4) is 0 Å². The van der Waals surface area contributed by atoms with E-state index in [2.05, 4.69) is 29.4 Å². The summed E-state index contributed by atoms with van der Waals surface area (Å²) in [5.74, 6) is 0.432. The van der Waals surface area contributed by atoms with Crippen LogP contribution in [0.5, 0.6) is 0 Å². The molecule has 1 N–H and O–H groups in total. The predicted molar refractivity (Wildman–Crippen MR) is 108 cm³/mol. The minimum Gasteiger partial charge on any atom is -0.268 e. The summed E-state index contributed by atoms with van der Waals surface area (Å²) >= 11 is 0. The second kappa shape index (κ2) is 7.52. The van der Waals surface area contributed by atoms with Crippen molar-refractivity contribution in [3.05, 3.63) is 63.9 Å². The largest absolute Gasteiger partial charge is 0.268 e. The third-order valence-electron chi connectivity index (χ3n) is 4.72. The topological polar surface area (TPSA) is 59.3 Å². The molecule has 1 heterocycles. The van der Waals surface area contributed by atoms with E-state index in [0.29, 0.717) is 16.9 Å². The molecule has 0 saturated heterocycles. The molecule has 0 fully saturated rings. The number of aromatic nitrogens is 2. The summed E-state index contributed by atoms with van der Waals surface area (Å²) in [4.78, 5) is 17.9. The van der Waals surface area contributed by atoms with E-state index in [4.69, 9.17) is 0 Å². The van der Waals surface area contributed by atoms with Gasteiger partial charge in [-0.3, -0.25) is 4.79 Å². The molecule has 0 aliphatic heterocycles. The highest BCUT2D eigenvalue weighted by atomic mass is 16.1. The number of aryl methyl sites for hydroxylation is 1. The summed E-state index contributed by atoms with van der Waals surface area (Å²) < 4.78 is 1.62. The van der Waals surface area contributed by atoms with E-state index in [1.807, 2.05) is 56.3 Å². The Morgan fingerprint density at radius 1 is 1.08 bits per heavy atom. The van der Waals surface area contributed by atoms with Crippen molar-refractivity contribution in [3.8, 4) is 5.69 Å². The van der Waals surface area contributed by atoms with Crippen LogP contribution in [0.1, 0.15) is 37.8 Å². The standard InChI is InChI=1S/C21H24N4O/c1-5-16(6-2)23-24-21-22-18-12-8-7-11-17(18)20(26)25(21)19-13-9-10-14(3)15(19)4/h7-13H,5-6H2,1-4H3,(H,22,24). The SMILES string of the molecule is CCC(CC)=NNc1nc2ccccc2c(=O)n1-c1cccc(C)c1C. The van der Waals surface area contributed by atoms with Gasteiger partial charge in [0.1, 0.15) is 0 Å². The third kappa shape index (κ3) is 3.25. The van der Waals surface area contributed by atoms with Gasteiger partial charge in [0.2, 0.25) is 5.95 Å². The maximum atomic E-state index is 13.2. The van der Waals surface area contributed by atoms with Crippen LogP contribution in [0.2, 0.25) is 0 Å². The van der Waals surface area contributed by atoms with E-state index in [-0.39, 0.29) is 5.56 Å². The summed E-state index contributed by atoms with van der Waals surface area (Å²) in [5, 5.41) is 5.05. The first kappa shape index (κ1) is 17.9. The lowest BCUT2D eigenvalue weighted by molar-refractivity contribution is 0.939. The van der Waals surface area contributed by atoms with Crippen LogP contribution in [0.25, 0.3) is 16.6 Å². The van der Waals surface area contributed by atoms with Gasteiger partial charge in [-0.25, -0.2) is 15.0 Å². The van der Waals surface area contributed by atoms with Crippen LogP contribution in [-0.2, 0) is 0 Å². The minimum atomic E-state index is -0.100. The quantitative estimate of drug-likeness (QED) is 0.542. The molecule has 0 saturated carbocycles.